The monoisotopic (exact) mass is 252 g/mol. The normalized spacial score (nSPS) is 9.89. The van der Waals surface area contributed by atoms with Gasteiger partial charge in [0.25, 0.3) is 0 Å². The van der Waals surface area contributed by atoms with Gasteiger partial charge in [-0.25, -0.2) is 0 Å². The molecule has 1 rings (SSSR count). The molecule has 6 heteroatoms. The standard InChI is InChI=1S/C12H16N2O4/c1-17-7-11(15)13-9-3-5-10(6-4-9)14-12(16)8-18-2/h3-6H,7-8H2,1-2H3,(H,13,15)(H,14,16). The third-order valence-corrected chi connectivity index (χ3v) is 2.00. The molecule has 0 bridgehead atoms. The summed E-state index contributed by atoms with van der Waals surface area (Å²) in [5.41, 5.74) is 1.28. The highest BCUT2D eigenvalue weighted by molar-refractivity contribution is 5.93. The second-order valence-corrected chi connectivity index (χ2v) is 3.54. The first kappa shape index (κ1) is 14.1. The van der Waals surface area contributed by atoms with Gasteiger partial charge in [0.05, 0.1) is 0 Å². The molecule has 0 spiro atoms. The van der Waals surface area contributed by atoms with E-state index in [4.69, 9.17) is 9.47 Å². The lowest BCUT2D eigenvalue weighted by atomic mass is 10.2. The molecule has 0 saturated heterocycles. The minimum Gasteiger partial charge on any atom is -0.375 e. The Morgan fingerprint density at radius 1 is 0.889 bits per heavy atom. The van der Waals surface area contributed by atoms with Crippen molar-refractivity contribution in [3.8, 4) is 0 Å². The zero-order valence-electron chi connectivity index (χ0n) is 10.4. The Bertz CT molecular complexity index is 364. The Labute approximate surface area is 105 Å². The van der Waals surface area contributed by atoms with Crippen molar-refractivity contribution in [3.63, 3.8) is 0 Å². The quantitative estimate of drug-likeness (QED) is 0.787. The van der Waals surface area contributed by atoms with E-state index in [1.54, 1.807) is 24.3 Å². The van der Waals surface area contributed by atoms with Crippen LogP contribution in [0.25, 0.3) is 0 Å². The van der Waals surface area contributed by atoms with Gasteiger partial charge < -0.3 is 20.1 Å². The molecule has 0 heterocycles. The predicted molar refractivity (Wildman–Crippen MR) is 67.5 cm³/mol. The second-order valence-electron chi connectivity index (χ2n) is 3.54. The van der Waals surface area contributed by atoms with Crippen molar-refractivity contribution in [2.75, 3.05) is 38.1 Å². The van der Waals surface area contributed by atoms with Crippen LogP contribution in [0.3, 0.4) is 0 Å². The third kappa shape index (κ3) is 4.94. The van der Waals surface area contributed by atoms with Crippen molar-refractivity contribution < 1.29 is 19.1 Å². The van der Waals surface area contributed by atoms with Gasteiger partial charge in [-0.15, -0.1) is 0 Å². The van der Waals surface area contributed by atoms with Crippen LogP contribution in [0.4, 0.5) is 11.4 Å². The first-order valence-electron chi connectivity index (χ1n) is 5.33. The van der Waals surface area contributed by atoms with E-state index in [0.29, 0.717) is 11.4 Å². The number of hydrogen-bond donors (Lipinski definition) is 2. The van der Waals surface area contributed by atoms with Gasteiger partial charge in [0.15, 0.2) is 0 Å². The van der Waals surface area contributed by atoms with Crippen molar-refractivity contribution in [1.82, 2.24) is 0 Å². The van der Waals surface area contributed by atoms with E-state index >= 15 is 0 Å². The van der Waals surface area contributed by atoms with Crippen LogP contribution in [0.5, 0.6) is 0 Å². The van der Waals surface area contributed by atoms with Crippen LogP contribution in [0.15, 0.2) is 24.3 Å². The fraction of sp³-hybridized carbons (Fsp3) is 0.333. The highest BCUT2D eigenvalue weighted by atomic mass is 16.5. The minimum atomic E-state index is -0.228. The number of rotatable bonds is 6. The van der Waals surface area contributed by atoms with Gasteiger partial charge in [0.1, 0.15) is 13.2 Å². The average molecular weight is 252 g/mol. The number of amides is 2. The SMILES string of the molecule is COCC(=O)Nc1ccc(NC(=O)COC)cc1. The molecule has 0 aromatic heterocycles. The first-order valence-corrected chi connectivity index (χ1v) is 5.33. The van der Waals surface area contributed by atoms with E-state index in [9.17, 15) is 9.59 Å². The summed E-state index contributed by atoms with van der Waals surface area (Å²) >= 11 is 0. The smallest absolute Gasteiger partial charge is 0.250 e. The Hall–Kier alpha value is -1.92. The lowest BCUT2D eigenvalue weighted by Crippen LogP contribution is -2.18. The third-order valence-electron chi connectivity index (χ3n) is 2.00. The minimum absolute atomic E-state index is 0.00628. The molecule has 6 nitrogen and oxygen atoms in total. The zero-order chi connectivity index (χ0) is 13.4. The Balaban J connectivity index is 2.52. The Kier molecular flexibility index (Phi) is 5.83. The molecule has 2 amide bonds. The van der Waals surface area contributed by atoms with Crippen LogP contribution >= 0.6 is 0 Å². The van der Waals surface area contributed by atoms with Crippen LogP contribution in [-0.4, -0.2) is 39.2 Å². The highest BCUT2D eigenvalue weighted by Gasteiger charge is 2.03. The number of hydrogen-bond acceptors (Lipinski definition) is 4. The number of benzene rings is 1. The molecule has 0 atom stereocenters. The largest absolute Gasteiger partial charge is 0.375 e. The van der Waals surface area contributed by atoms with Gasteiger partial charge >= 0.3 is 0 Å². The Morgan fingerprint density at radius 2 is 1.22 bits per heavy atom. The van der Waals surface area contributed by atoms with Gasteiger partial charge in [0.2, 0.25) is 11.8 Å². The van der Waals surface area contributed by atoms with Gasteiger partial charge in [-0.3, -0.25) is 9.59 Å². The van der Waals surface area contributed by atoms with Crippen molar-refractivity contribution in [2.45, 2.75) is 0 Å². The van der Waals surface area contributed by atoms with Gasteiger partial charge in [-0.2, -0.15) is 0 Å². The molecule has 2 N–H and O–H groups in total. The molecule has 0 aliphatic rings. The maximum atomic E-state index is 11.2. The topological polar surface area (TPSA) is 76.7 Å². The molecule has 0 radical (unpaired) electrons. The molecule has 0 aliphatic heterocycles. The number of nitrogens with one attached hydrogen (secondary N) is 2. The van der Waals surface area contributed by atoms with E-state index in [1.165, 1.54) is 14.2 Å². The number of carbonyl (C=O) groups excluding carboxylic acids is 2. The number of anilines is 2. The van der Waals surface area contributed by atoms with Crippen molar-refractivity contribution in [1.29, 1.82) is 0 Å². The summed E-state index contributed by atoms with van der Waals surface area (Å²) in [4.78, 5) is 22.5. The summed E-state index contributed by atoms with van der Waals surface area (Å²) in [5, 5.41) is 5.29. The molecule has 0 fully saturated rings. The Morgan fingerprint density at radius 3 is 1.50 bits per heavy atom. The molecule has 1 aromatic rings. The first-order chi connectivity index (χ1) is 8.65. The molecule has 18 heavy (non-hydrogen) atoms. The van der Waals surface area contributed by atoms with Gasteiger partial charge in [-0.05, 0) is 24.3 Å². The molecular weight excluding hydrogens is 236 g/mol. The van der Waals surface area contributed by atoms with Crippen LogP contribution in [0.2, 0.25) is 0 Å². The molecule has 0 aliphatic carbocycles. The molecule has 0 unspecified atom stereocenters. The highest BCUT2D eigenvalue weighted by Crippen LogP contribution is 2.13. The lowest BCUT2D eigenvalue weighted by molar-refractivity contribution is -0.120. The number of methoxy groups -OCH3 is 2. The molecule has 0 saturated carbocycles. The van der Waals surface area contributed by atoms with E-state index in [1.807, 2.05) is 0 Å². The maximum Gasteiger partial charge on any atom is 0.250 e. The average Bonchev–Trinajstić information content (AvgIpc) is 2.32. The predicted octanol–water partition coefficient (Wildman–Crippen LogP) is 0.856. The summed E-state index contributed by atoms with van der Waals surface area (Å²) in [6.45, 7) is 0.0126. The molecular formula is C12H16N2O4. The van der Waals surface area contributed by atoms with E-state index < -0.39 is 0 Å². The lowest BCUT2D eigenvalue weighted by Gasteiger charge is -2.07. The van der Waals surface area contributed by atoms with E-state index in [2.05, 4.69) is 10.6 Å². The number of carbonyl (C=O) groups is 2. The van der Waals surface area contributed by atoms with Crippen LogP contribution < -0.4 is 10.6 Å². The second kappa shape index (κ2) is 7.41. The van der Waals surface area contributed by atoms with Gasteiger partial charge in [0, 0.05) is 25.6 Å². The summed E-state index contributed by atoms with van der Waals surface area (Å²) in [5.74, 6) is -0.456. The zero-order valence-corrected chi connectivity index (χ0v) is 10.4. The van der Waals surface area contributed by atoms with Gasteiger partial charge in [-0.1, -0.05) is 0 Å². The summed E-state index contributed by atoms with van der Waals surface area (Å²) in [6, 6.07) is 6.76. The van der Waals surface area contributed by atoms with Crippen LogP contribution in [0.1, 0.15) is 0 Å². The summed E-state index contributed by atoms with van der Waals surface area (Å²) in [7, 11) is 2.90. The molecule has 1 aromatic carbocycles. The number of ether oxygens (including phenoxy) is 2. The van der Waals surface area contributed by atoms with Crippen molar-refractivity contribution in [3.05, 3.63) is 24.3 Å². The fourth-order valence-corrected chi connectivity index (χ4v) is 1.29. The van der Waals surface area contributed by atoms with Crippen molar-refractivity contribution >= 4 is 23.2 Å². The van der Waals surface area contributed by atoms with Crippen LogP contribution in [0, 0.1) is 0 Å². The van der Waals surface area contributed by atoms with E-state index in [-0.39, 0.29) is 25.0 Å². The summed E-state index contributed by atoms with van der Waals surface area (Å²) in [6.07, 6.45) is 0. The van der Waals surface area contributed by atoms with E-state index in [0.717, 1.165) is 0 Å². The summed E-state index contributed by atoms with van der Waals surface area (Å²) < 4.78 is 9.39. The maximum absolute atomic E-state index is 11.2. The van der Waals surface area contributed by atoms with Crippen molar-refractivity contribution in [2.24, 2.45) is 0 Å². The molecule has 98 valence electrons. The van der Waals surface area contributed by atoms with Crippen LogP contribution in [-0.2, 0) is 19.1 Å². The fourth-order valence-electron chi connectivity index (χ4n) is 1.29.